The summed E-state index contributed by atoms with van der Waals surface area (Å²) in [4.78, 5) is 11.6. The molecule has 2 aromatic rings. The third kappa shape index (κ3) is 3.54. The molecular weight excluding hydrogens is 345 g/mol. The van der Waals surface area contributed by atoms with Gasteiger partial charge in [0.1, 0.15) is 10.7 Å². The Bertz CT molecular complexity index is 756. The normalized spacial score (nSPS) is 25.0. The maximum atomic E-state index is 13.1. The van der Waals surface area contributed by atoms with Crippen molar-refractivity contribution in [2.24, 2.45) is 0 Å². The van der Waals surface area contributed by atoms with E-state index in [1.165, 1.54) is 6.20 Å². The maximum absolute atomic E-state index is 13.1. The lowest BCUT2D eigenvalue weighted by Gasteiger charge is -2.33. The van der Waals surface area contributed by atoms with Gasteiger partial charge in [0, 0.05) is 18.4 Å². The van der Waals surface area contributed by atoms with E-state index in [1.807, 2.05) is 0 Å². The van der Waals surface area contributed by atoms with Crippen LogP contribution in [0.5, 0.6) is 0 Å². The molecule has 1 aliphatic rings. The summed E-state index contributed by atoms with van der Waals surface area (Å²) in [5.74, 6) is 0.113. The van der Waals surface area contributed by atoms with E-state index in [-0.39, 0.29) is 28.0 Å². The van der Waals surface area contributed by atoms with Gasteiger partial charge >= 0.3 is 6.18 Å². The van der Waals surface area contributed by atoms with Gasteiger partial charge in [-0.3, -0.25) is 0 Å². The number of rotatable bonds is 2. The van der Waals surface area contributed by atoms with E-state index in [0.29, 0.717) is 31.9 Å². The summed E-state index contributed by atoms with van der Waals surface area (Å²) in [6.07, 6.45) is -0.0443. The van der Waals surface area contributed by atoms with Crippen LogP contribution in [-0.2, 0) is 6.18 Å². The number of hydrogen-bond donors (Lipinski definition) is 2. The van der Waals surface area contributed by atoms with Crippen LogP contribution < -0.4 is 5.32 Å². The Morgan fingerprint density at radius 2 is 1.92 bits per heavy atom. The predicted octanol–water partition coefficient (Wildman–Crippen LogP) is 3.80. The number of alkyl halides is 3. The number of aliphatic hydroxyl groups is 1. The van der Waals surface area contributed by atoms with Crippen molar-refractivity contribution >= 4 is 28.5 Å². The molecule has 2 heterocycles. The van der Waals surface area contributed by atoms with Crippen LogP contribution in [-0.4, -0.2) is 31.7 Å². The first kappa shape index (κ1) is 17.2. The third-order valence-corrected chi connectivity index (χ3v) is 4.58. The van der Waals surface area contributed by atoms with Crippen LogP contribution >= 0.6 is 11.6 Å². The van der Waals surface area contributed by atoms with E-state index < -0.39 is 17.3 Å². The van der Waals surface area contributed by atoms with Gasteiger partial charge in [-0.15, -0.1) is 0 Å². The molecule has 0 amide bonds. The molecule has 1 saturated carbocycles. The Kier molecular flexibility index (Phi) is 4.29. The summed E-state index contributed by atoms with van der Waals surface area (Å²) in [6, 6.07) is 0.00863. The van der Waals surface area contributed by atoms with Crippen molar-refractivity contribution in [3.05, 3.63) is 23.1 Å². The van der Waals surface area contributed by atoms with Crippen LogP contribution in [0.1, 0.15) is 38.2 Å². The van der Waals surface area contributed by atoms with Gasteiger partial charge in [0.25, 0.3) is 0 Å². The largest absolute Gasteiger partial charge is 0.419 e. The number of hydrogen-bond acceptors (Lipinski definition) is 5. The first-order chi connectivity index (χ1) is 11.2. The fourth-order valence-electron chi connectivity index (χ4n) is 2.83. The molecule has 2 aromatic heterocycles. The van der Waals surface area contributed by atoms with Crippen molar-refractivity contribution in [3.63, 3.8) is 0 Å². The summed E-state index contributed by atoms with van der Waals surface area (Å²) in [5.41, 5.74) is -1.91. The van der Waals surface area contributed by atoms with Crippen molar-refractivity contribution in [1.29, 1.82) is 0 Å². The first-order valence-electron chi connectivity index (χ1n) is 7.53. The lowest BCUT2D eigenvalue weighted by molar-refractivity contribution is -0.136. The molecule has 24 heavy (non-hydrogen) atoms. The van der Waals surface area contributed by atoms with E-state index >= 15 is 0 Å². The maximum Gasteiger partial charge on any atom is 0.419 e. The molecule has 0 atom stereocenters. The number of fused-ring (bicyclic) bond motifs is 1. The minimum Gasteiger partial charge on any atom is -0.390 e. The third-order valence-electron chi connectivity index (χ3n) is 4.27. The van der Waals surface area contributed by atoms with Crippen molar-refractivity contribution in [1.82, 2.24) is 15.0 Å². The molecule has 2 N–H and O–H groups in total. The highest BCUT2D eigenvalue weighted by Crippen LogP contribution is 2.35. The number of halogens is 4. The smallest absolute Gasteiger partial charge is 0.390 e. The predicted molar refractivity (Wildman–Crippen MR) is 83.8 cm³/mol. The fourth-order valence-corrected chi connectivity index (χ4v) is 3.02. The summed E-state index contributed by atoms with van der Waals surface area (Å²) < 4.78 is 39.4. The van der Waals surface area contributed by atoms with Crippen LogP contribution in [0.3, 0.4) is 0 Å². The van der Waals surface area contributed by atoms with Gasteiger partial charge in [0.05, 0.1) is 16.5 Å². The van der Waals surface area contributed by atoms with Crippen molar-refractivity contribution in [3.8, 4) is 0 Å². The van der Waals surface area contributed by atoms with Gasteiger partial charge in [-0.25, -0.2) is 15.0 Å². The van der Waals surface area contributed by atoms with Crippen LogP contribution in [0.15, 0.2) is 12.4 Å². The van der Waals surface area contributed by atoms with Gasteiger partial charge in [-0.2, -0.15) is 13.2 Å². The van der Waals surface area contributed by atoms with Crippen LogP contribution in [0.4, 0.5) is 19.1 Å². The van der Waals surface area contributed by atoms with E-state index in [0.717, 1.165) is 0 Å². The molecule has 130 valence electrons. The lowest BCUT2D eigenvalue weighted by atomic mass is 9.84. The van der Waals surface area contributed by atoms with Gasteiger partial charge in [-0.1, -0.05) is 11.6 Å². The fraction of sp³-hybridized carbons (Fsp3) is 0.533. The molecule has 1 aliphatic carbocycles. The molecule has 0 bridgehead atoms. The van der Waals surface area contributed by atoms with Crippen LogP contribution in [0.2, 0.25) is 5.15 Å². The van der Waals surface area contributed by atoms with E-state index in [4.69, 9.17) is 11.6 Å². The number of aromatic nitrogens is 3. The second kappa shape index (κ2) is 6.00. The molecular formula is C15H16ClF3N4O. The zero-order chi connectivity index (χ0) is 17.5. The van der Waals surface area contributed by atoms with Gasteiger partial charge in [0.15, 0.2) is 0 Å². The Labute approximate surface area is 141 Å². The Balaban J connectivity index is 1.91. The molecule has 0 saturated heterocycles. The van der Waals surface area contributed by atoms with E-state index in [2.05, 4.69) is 20.3 Å². The van der Waals surface area contributed by atoms with Crippen LogP contribution in [0.25, 0.3) is 10.9 Å². The summed E-state index contributed by atoms with van der Waals surface area (Å²) in [7, 11) is 0. The molecule has 0 aromatic carbocycles. The zero-order valence-electron chi connectivity index (χ0n) is 12.9. The van der Waals surface area contributed by atoms with Crippen molar-refractivity contribution in [2.45, 2.75) is 50.4 Å². The van der Waals surface area contributed by atoms with E-state index in [1.54, 1.807) is 6.92 Å². The Hall–Kier alpha value is -1.67. The first-order valence-corrected chi connectivity index (χ1v) is 7.91. The average molecular weight is 361 g/mol. The molecule has 0 spiro atoms. The van der Waals surface area contributed by atoms with Crippen molar-refractivity contribution in [2.75, 3.05) is 5.32 Å². The topological polar surface area (TPSA) is 70.9 Å². The molecule has 0 aliphatic heterocycles. The van der Waals surface area contributed by atoms with Gasteiger partial charge < -0.3 is 10.4 Å². The molecule has 0 radical (unpaired) electrons. The minimum atomic E-state index is -4.58. The lowest BCUT2D eigenvalue weighted by Crippen LogP contribution is -2.36. The summed E-state index contributed by atoms with van der Waals surface area (Å²) in [5, 5.41) is 13.0. The quantitative estimate of drug-likeness (QED) is 0.797. The highest BCUT2D eigenvalue weighted by molar-refractivity contribution is 6.34. The molecule has 5 nitrogen and oxygen atoms in total. The molecule has 9 heteroatoms. The highest BCUT2D eigenvalue weighted by Gasteiger charge is 2.35. The zero-order valence-corrected chi connectivity index (χ0v) is 13.6. The van der Waals surface area contributed by atoms with Crippen molar-refractivity contribution < 1.29 is 18.3 Å². The number of anilines is 1. The van der Waals surface area contributed by atoms with E-state index in [9.17, 15) is 18.3 Å². The SMILES string of the molecule is CC1(O)CCC(Nc2ncc3c(Cl)ncc(C(F)(F)F)c3n2)CC1. The molecule has 0 unspecified atom stereocenters. The minimum absolute atomic E-state index is 0.00863. The van der Waals surface area contributed by atoms with Gasteiger partial charge in [0.2, 0.25) is 5.95 Å². The molecule has 3 rings (SSSR count). The number of nitrogens with one attached hydrogen (secondary N) is 1. The average Bonchev–Trinajstić information content (AvgIpc) is 2.48. The molecule has 1 fully saturated rings. The second-order valence-corrected chi connectivity index (χ2v) is 6.69. The Morgan fingerprint density at radius 1 is 1.25 bits per heavy atom. The highest BCUT2D eigenvalue weighted by atomic mass is 35.5. The monoisotopic (exact) mass is 360 g/mol. The second-order valence-electron chi connectivity index (χ2n) is 6.33. The Morgan fingerprint density at radius 3 is 2.54 bits per heavy atom. The van der Waals surface area contributed by atoms with Crippen LogP contribution in [0, 0.1) is 0 Å². The standard InChI is InChI=1S/C15H16ClF3N4O/c1-14(24)4-2-8(3-5-14)22-13-21-6-9-11(23-13)10(15(17,18)19)7-20-12(9)16/h6-8,24H,2-5H2,1H3,(H,21,22,23). The summed E-state index contributed by atoms with van der Waals surface area (Å²) in [6.45, 7) is 1.78. The number of pyridine rings is 1. The van der Waals surface area contributed by atoms with Gasteiger partial charge in [-0.05, 0) is 32.6 Å². The summed E-state index contributed by atoms with van der Waals surface area (Å²) >= 11 is 5.85. The number of nitrogens with zero attached hydrogens (tertiary/aromatic N) is 3.